The molecule has 0 radical (unpaired) electrons. The number of hydrogen-bond donors (Lipinski definition) is 2. The number of halogens is 4. The van der Waals surface area contributed by atoms with Crippen LogP contribution in [-0.4, -0.2) is 40.1 Å². The van der Waals surface area contributed by atoms with Gasteiger partial charge in [0, 0.05) is 23.6 Å². The zero-order chi connectivity index (χ0) is 32.5. The summed E-state index contributed by atoms with van der Waals surface area (Å²) in [7, 11) is 0. The minimum Gasteiger partial charge on any atom is -0.344 e. The first-order valence-electron chi connectivity index (χ1n) is 14.1. The summed E-state index contributed by atoms with van der Waals surface area (Å²) >= 11 is 0. The summed E-state index contributed by atoms with van der Waals surface area (Å²) in [5.41, 5.74) is 0.567. The lowest BCUT2D eigenvalue weighted by Gasteiger charge is -2.39. The Morgan fingerprint density at radius 1 is 1.04 bits per heavy atom. The summed E-state index contributed by atoms with van der Waals surface area (Å²) in [6.07, 6.45) is -3.58. The molecule has 12 heteroatoms. The molecule has 3 aromatic carbocycles. The second-order valence-electron chi connectivity index (χ2n) is 10.4. The minimum atomic E-state index is -4.69. The first kappa shape index (κ1) is 31.2. The quantitative estimate of drug-likeness (QED) is 0.196. The molecule has 2 heterocycles. The van der Waals surface area contributed by atoms with E-state index in [4.69, 9.17) is 5.10 Å². The molecule has 0 aliphatic carbocycles. The van der Waals surface area contributed by atoms with Crippen LogP contribution in [0.1, 0.15) is 58.5 Å². The van der Waals surface area contributed by atoms with Crippen molar-refractivity contribution in [1.82, 2.24) is 20.4 Å². The van der Waals surface area contributed by atoms with Crippen LogP contribution in [-0.2, 0) is 15.8 Å². The molecule has 3 amide bonds. The maximum atomic E-state index is 14.3. The number of rotatable bonds is 8. The predicted molar refractivity (Wildman–Crippen MR) is 159 cm³/mol. The molecule has 0 bridgehead atoms. The average Bonchev–Trinajstić information content (AvgIpc) is 3.42. The van der Waals surface area contributed by atoms with E-state index in [9.17, 15) is 31.9 Å². The molecule has 5 rings (SSSR count). The van der Waals surface area contributed by atoms with Crippen LogP contribution >= 0.6 is 0 Å². The third-order valence-corrected chi connectivity index (χ3v) is 7.60. The Morgan fingerprint density at radius 3 is 2.36 bits per heavy atom. The number of amides is 3. The molecule has 1 aromatic heterocycles. The van der Waals surface area contributed by atoms with E-state index in [0.29, 0.717) is 34.4 Å². The average molecular weight is 620 g/mol. The van der Waals surface area contributed by atoms with Crippen molar-refractivity contribution in [2.24, 2.45) is 0 Å². The van der Waals surface area contributed by atoms with Crippen molar-refractivity contribution in [2.75, 3.05) is 11.4 Å². The SMILES string of the molecule is C=CC(=O)N[C@H](C)c1nn(-c2ccccc2)c2c1[C@H](c1ccc(F)cc1)[C@H](NC(=O)c1cccc(C(F)(F)F)c1)C(=O)N2CC. The predicted octanol–water partition coefficient (Wildman–Crippen LogP) is 5.69. The fourth-order valence-corrected chi connectivity index (χ4v) is 5.53. The number of nitrogens with zero attached hydrogens (tertiary/aromatic N) is 3. The minimum absolute atomic E-state index is 0.142. The lowest BCUT2D eigenvalue weighted by atomic mass is 9.80. The summed E-state index contributed by atoms with van der Waals surface area (Å²) in [6.45, 7) is 7.08. The molecule has 3 atom stereocenters. The van der Waals surface area contributed by atoms with Gasteiger partial charge in [-0.15, -0.1) is 0 Å². The molecule has 45 heavy (non-hydrogen) atoms. The van der Waals surface area contributed by atoms with Crippen LogP contribution in [0.4, 0.5) is 23.4 Å². The molecule has 0 saturated heterocycles. The van der Waals surface area contributed by atoms with Crippen molar-refractivity contribution < 1.29 is 31.9 Å². The molecule has 1 aliphatic heterocycles. The standard InChI is InChI=1S/C33H29F4N5O3/c1-4-25(43)38-19(3)28-27-26(20-14-16-23(34)17-15-20)29(39-30(44)21-10-9-11-22(18-21)33(35,36)37)32(45)41(5-2)31(27)42(40-28)24-12-7-6-8-13-24/h4,6-19,26,29H,1,5H2,2-3H3,(H,38,43)(H,39,44)/t19-,26+,29+/m1/s1. The molecule has 0 fully saturated rings. The molecule has 0 saturated carbocycles. The van der Waals surface area contributed by atoms with E-state index in [2.05, 4.69) is 17.2 Å². The number of hydrogen-bond acceptors (Lipinski definition) is 4. The highest BCUT2D eigenvalue weighted by molar-refractivity contribution is 6.05. The van der Waals surface area contributed by atoms with Gasteiger partial charge in [-0.05, 0) is 68.0 Å². The lowest BCUT2D eigenvalue weighted by molar-refractivity contribution is -0.137. The highest BCUT2D eigenvalue weighted by Gasteiger charge is 2.47. The topological polar surface area (TPSA) is 96.3 Å². The van der Waals surface area contributed by atoms with Gasteiger partial charge in [-0.25, -0.2) is 9.07 Å². The number of carbonyl (C=O) groups excluding carboxylic acids is 3. The van der Waals surface area contributed by atoms with Crippen molar-refractivity contribution in [3.8, 4) is 5.69 Å². The molecular weight excluding hydrogens is 590 g/mol. The monoisotopic (exact) mass is 619 g/mol. The number of likely N-dealkylation sites (N-methyl/N-ethyl adjacent to an activating group) is 1. The number of alkyl halides is 3. The van der Waals surface area contributed by atoms with Crippen LogP contribution in [0, 0.1) is 5.82 Å². The number of nitrogens with one attached hydrogen (secondary N) is 2. The van der Waals surface area contributed by atoms with E-state index in [-0.39, 0.29) is 12.1 Å². The largest absolute Gasteiger partial charge is 0.416 e. The second kappa shape index (κ2) is 12.4. The van der Waals surface area contributed by atoms with E-state index in [0.717, 1.165) is 18.2 Å². The van der Waals surface area contributed by atoms with E-state index >= 15 is 0 Å². The first-order chi connectivity index (χ1) is 21.4. The van der Waals surface area contributed by atoms with Gasteiger partial charge in [0.15, 0.2) is 0 Å². The summed E-state index contributed by atoms with van der Waals surface area (Å²) in [5.74, 6) is -3.06. The van der Waals surface area contributed by atoms with Crippen LogP contribution in [0.5, 0.6) is 0 Å². The summed E-state index contributed by atoms with van der Waals surface area (Å²) in [6, 6.07) is 16.2. The summed E-state index contributed by atoms with van der Waals surface area (Å²) in [5, 5.41) is 10.3. The zero-order valence-electron chi connectivity index (χ0n) is 24.3. The van der Waals surface area contributed by atoms with Gasteiger partial charge in [0.2, 0.25) is 5.91 Å². The third kappa shape index (κ3) is 6.08. The number of fused-ring (bicyclic) bond motifs is 1. The molecule has 4 aromatic rings. The van der Waals surface area contributed by atoms with Crippen molar-refractivity contribution in [3.05, 3.63) is 125 Å². The van der Waals surface area contributed by atoms with E-state index in [1.807, 2.05) is 6.07 Å². The molecular formula is C33H29F4N5O3. The molecule has 232 valence electrons. The van der Waals surface area contributed by atoms with Gasteiger partial charge in [-0.2, -0.15) is 18.3 Å². The van der Waals surface area contributed by atoms with Crippen LogP contribution in [0.2, 0.25) is 0 Å². The Morgan fingerprint density at radius 2 is 1.73 bits per heavy atom. The van der Waals surface area contributed by atoms with Crippen molar-refractivity contribution in [1.29, 1.82) is 0 Å². The Balaban J connectivity index is 1.73. The zero-order valence-corrected chi connectivity index (χ0v) is 24.3. The van der Waals surface area contributed by atoms with E-state index in [1.54, 1.807) is 42.8 Å². The highest BCUT2D eigenvalue weighted by Crippen LogP contribution is 2.45. The van der Waals surface area contributed by atoms with Crippen molar-refractivity contribution in [2.45, 2.75) is 38.0 Å². The smallest absolute Gasteiger partial charge is 0.344 e. The van der Waals surface area contributed by atoms with Gasteiger partial charge in [-0.1, -0.05) is 43.0 Å². The number of para-hydroxylation sites is 1. The van der Waals surface area contributed by atoms with Crippen LogP contribution in [0.15, 0.2) is 91.5 Å². The van der Waals surface area contributed by atoms with Crippen molar-refractivity contribution in [3.63, 3.8) is 0 Å². The Kier molecular flexibility index (Phi) is 8.58. The van der Waals surface area contributed by atoms with Crippen LogP contribution < -0.4 is 15.5 Å². The van der Waals surface area contributed by atoms with E-state index in [1.165, 1.54) is 35.2 Å². The van der Waals surface area contributed by atoms with Gasteiger partial charge in [0.25, 0.3) is 11.8 Å². The second-order valence-corrected chi connectivity index (χ2v) is 10.4. The first-order valence-corrected chi connectivity index (χ1v) is 14.1. The number of anilines is 1. The maximum Gasteiger partial charge on any atom is 0.416 e. The van der Waals surface area contributed by atoms with Gasteiger partial charge in [0.1, 0.15) is 17.7 Å². The Labute approximate surface area is 256 Å². The normalized spacial score (nSPS) is 16.9. The molecule has 1 aliphatic rings. The maximum absolute atomic E-state index is 14.3. The molecule has 0 unspecified atom stereocenters. The van der Waals surface area contributed by atoms with Gasteiger partial charge in [0.05, 0.1) is 23.0 Å². The van der Waals surface area contributed by atoms with Gasteiger partial charge >= 0.3 is 6.18 Å². The fraction of sp³-hybridized carbons (Fsp3) is 0.212. The highest BCUT2D eigenvalue weighted by atomic mass is 19.4. The third-order valence-electron chi connectivity index (χ3n) is 7.60. The van der Waals surface area contributed by atoms with Crippen molar-refractivity contribution >= 4 is 23.5 Å². The number of aromatic nitrogens is 2. The van der Waals surface area contributed by atoms with Crippen LogP contribution in [0.25, 0.3) is 5.69 Å². The molecule has 8 nitrogen and oxygen atoms in total. The van der Waals surface area contributed by atoms with E-state index < -0.39 is 53.3 Å². The fourth-order valence-electron chi connectivity index (χ4n) is 5.53. The summed E-state index contributed by atoms with van der Waals surface area (Å²) in [4.78, 5) is 41.6. The molecule has 2 N–H and O–H groups in total. The number of carbonyl (C=O) groups is 3. The Bertz CT molecular complexity index is 1750. The van der Waals surface area contributed by atoms with Gasteiger partial charge in [-0.3, -0.25) is 19.3 Å². The number of benzene rings is 3. The van der Waals surface area contributed by atoms with Crippen LogP contribution in [0.3, 0.4) is 0 Å². The Hall–Kier alpha value is -5.26. The lowest BCUT2D eigenvalue weighted by Crippen LogP contribution is -2.55. The van der Waals surface area contributed by atoms with Gasteiger partial charge < -0.3 is 10.6 Å². The molecule has 0 spiro atoms. The summed E-state index contributed by atoms with van der Waals surface area (Å²) < 4.78 is 56.0.